The van der Waals surface area contributed by atoms with Crippen molar-refractivity contribution in [2.24, 2.45) is 23.7 Å². The lowest BCUT2D eigenvalue weighted by atomic mass is 9.63. The second kappa shape index (κ2) is 16.7. The third kappa shape index (κ3) is 11.3. The summed E-state index contributed by atoms with van der Waals surface area (Å²) >= 11 is 0. The van der Waals surface area contributed by atoms with E-state index in [2.05, 4.69) is 13.8 Å². The van der Waals surface area contributed by atoms with Gasteiger partial charge in [0, 0.05) is 0 Å². The van der Waals surface area contributed by atoms with Crippen molar-refractivity contribution >= 4 is 0 Å². The maximum absolute atomic E-state index is 2.32. The number of rotatable bonds is 17. The van der Waals surface area contributed by atoms with Crippen LogP contribution in [0.3, 0.4) is 0 Å². The average Bonchev–Trinajstić information content (AvgIpc) is 2.75. The van der Waals surface area contributed by atoms with Crippen molar-refractivity contribution in [3.05, 3.63) is 0 Å². The summed E-state index contributed by atoms with van der Waals surface area (Å²) in [6.45, 7) is 4.64. The summed E-state index contributed by atoms with van der Waals surface area (Å²) < 4.78 is 0. The van der Waals surface area contributed by atoms with Crippen molar-refractivity contribution in [3.63, 3.8) is 0 Å². The van der Waals surface area contributed by atoms with Gasteiger partial charge in [-0.1, -0.05) is 136 Å². The first kappa shape index (κ1) is 25.3. The first-order chi connectivity index (χ1) is 14.3. The highest BCUT2D eigenvalue weighted by Crippen LogP contribution is 2.46. The van der Waals surface area contributed by atoms with E-state index in [1.165, 1.54) is 96.3 Å². The van der Waals surface area contributed by atoms with Gasteiger partial charge in [-0.2, -0.15) is 0 Å². The Hall–Kier alpha value is 0. The predicted octanol–water partition coefficient (Wildman–Crippen LogP) is 10.5. The van der Waals surface area contributed by atoms with Gasteiger partial charge in [0.15, 0.2) is 0 Å². The normalized spacial score (nSPS) is 27.1. The fourth-order valence-electron chi connectivity index (χ4n) is 6.56. The molecule has 4 atom stereocenters. The second-order valence-corrected chi connectivity index (χ2v) is 11.1. The second-order valence-electron chi connectivity index (χ2n) is 11.1. The molecule has 0 bridgehead atoms. The summed E-state index contributed by atoms with van der Waals surface area (Å²) in [4.78, 5) is 0. The fourth-order valence-corrected chi connectivity index (χ4v) is 6.56. The number of hydrogen-bond donors (Lipinski definition) is 0. The van der Waals surface area contributed by atoms with Crippen molar-refractivity contribution in [2.45, 2.75) is 162 Å². The zero-order valence-electron chi connectivity index (χ0n) is 20.6. The molecule has 0 saturated heterocycles. The van der Waals surface area contributed by atoms with E-state index in [-0.39, 0.29) is 0 Å². The van der Waals surface area contributed by atoms with Crippen LogP contribution in [0.1, 0.15) is 162 Å². The molecule has 2 fully saturated rings. The van der Waals surface area contributed by atoms with E-state index in [1.807, 2.05) is 0 Å². The smallest absolute Gasteiger partial charge is 0.0383 e. The Labute approximate surface area is 185 Å². The standard InChI is InChI=1S/C29H56/c1-3-5-7-9-11-12-13-15-17-19-27-21-23-28-24-26(20-22-29(28)25-27)18-16-14-10-8-6-4-2/h26-29H,3-25H2,1-2H3. The molecule has 0 spiro atoms. The summed E-state index contributed by atoms with van der Waals surface area (Å²) in [6.07, 6.45) is 34.8. The van der Waals surface area contributed by atoms with Crippen LogP contribution < -0.4 is 0 Å². The Morgan fingerprint density at radius 3 is 1.14 bits per heavy atom. The van der Waals surface area contributed by atoms with Crippen LogP contribution in [0.5, 0.6) is 0 Å². The molecule has 0 aromatic heterocycles. The highest BCUT2D eigenvalue weighted by atomic mass is 14.4. The lowest BCUT2D eigenvalue weighted by Crippen LogP contribution is -2.31. The Morgan fingerprint density at radius 1 is 0.414 bits per heavy atom. The van der Waals surface area contributed by atoms with Gasteiger partial charge in [0.1, 0.15) is 0 Å². The van der Waals surface area contributed by atoms with E-state index in [0.717, 1.165) is 23.7 Å². The van der Waals surface area contributed by atoms with Gasteiger partial charge in [-0.3, -0.25) is 0 Å². The van der Waals surface area contributed by atoms with Crippen molar-refractivity contribution in [1.29, 1.82) is 0 Å². The van der Waals surface area contributed by atoms with E-state index in [1.54, 1.807) is 51.4 Å². The maximum Gasteiger partial charge on any atom is -0.0383 e. The minimum atomic E-state index is 1.09. The number of unbranched alkanes of at least 4 members (excludes halogenated alkanes) is 13. The zero-order chi connectivity index (χ0) is 20.6. The van der Waals surface area contributed by atoms with Crippen molar-refractivity contribution < 1.29 is 0 Å². The zero-order valence-corrected chi connectivity index (χ0v) is 20.6. The molecule has 2 aliphatic rings. The SMILES string of the molecule is CCCCCCCCCCCC1CCC2CC(CCCCCCCC)CCC2C1. The molecule has 172 valence electrons. The third-order valence-electron chi connectivity index (χ3n) is 8.51. The fraction of sp³-hybridized carbons (Fsp3) is 1.00. The van der Waals surface area contributed by atoms with Gasteiger partial charge in [-0.05, 0) is 49.4 Å². The lowest BCUT2D eigenvalue weighted by Gasteiger charge is -2.42. The van der Waals surface area contributed by atoms with Gasteiger partial charge >= 0.3 is 0 Å². The van der Waals surface area contributed by atoms with Gasteiger partial charge in [0.2, 0.25) is 0 Å². The number of hydrogen-bond acceptors (Lipinski definition) is 0. The van der Waals surface area contributed by atoms with Crippen LogP contribution >= 0.6 is 0 Å². The molecule has 2 rings (SSSR count). The van der Waals surface area contributed by atoms with Gasteiger partial charge in [-0.15, -0.1) is 0 Å². The van der Waals surface area contributed by atoms with Crippen LogP contribution in [0.25, 0.3) is 0 Å². The van der Waals surface area contributed by atoms with Crippen LogP contribution in [-0.2, 0) is 0 Å². The molecule has 0 N–H and O–H groups in total. The molecular weight excluding hydrogens is 348 g/mol. The Kier molecular flexibility index (Phi) is 14.5. The van der Waals surface area contributed by atoms with Crippen molar-refractivity contribution in [1.82, 2.24) is 0 Å². The van der Waals surface area contributed by atoms with Crippen molar-refractivity contribution in [3.8, 4) is 0 Å². The lowest BCUT2D eigenvalue weighted by molar-refractivity contribution is 0.0904. The molecule has 0 radical (unpaired) electrons. The molecular formula is C29H56. The van der Waals surface area contributed by atoms with E-state index < -0.39 is 0 Å². The minimum absolute atomic E-state index is 1.09. The summed E-state index contributed by atoms with van der Waals surface area (Å²) in [5, 5.41) is 0. The van der Waals surface area contributed by atoms with Crippen LogP contribution in [0.15, 0.2) is 0 Å². The first-order valence-electron chi connectivity index (χ1n) is 14.3. The molecule has 0 aromatic rings. The topological polar surface area (TPSA) is 0 Å². The Bertz CT molecular complexity index is 359. The van der Waals surface area contributed by atoms with Crippen LogP contribution in [0.4, 0.5) is 0 Å². The molecule has 0 heteroatoms. The molecule has 0 nitrogen and oxygen atoms in total. The van der Waals surface area contributed by atoms with Crippen molar-refractivity contribution in [2.75, 3.05) is 0 Å². The van der Waals surface area contributed by atoms with Gasteiger partial charge in [0.25, 0.3) is 0 Å². The van der Waals surface area contributed by atoms with Gasteiger partial charge in [-0.25, -0.2) is 0 Å². The van der Waals surface area contributed by atoms with Crippen LogP contribution in [0, 0.1) is 23.7 Å². The minimum Gasteiger partial charge on any atom is -0.0654 e. The molecule has 4 unspecified atom stereocenters. The highest BCUT2D eigenvalue weighted by Gasteiger charge is 2.34. The largest absolute Gasteiger partial charge is 0.0654 e. The van der Waals surface area contributed by atoms with Crippen LogP contribution in [-0.4, -0.2) is 0 Å². The predicted molar refractivity (Wildman–Crippen MR) is 131 cm³/mol. The maximum atomic E-state index is 2.32. The summed E-state index contributed by atoms with van der Waals surface area (Å²) in [5.41, 5.74) is 0. The first-order valence-corrected chi connectivity index (χ1v) is 14.3. The molecule has 0 aliphatic heterocycles. The quantitative estimate of drug-likeness (QED) is 0.211. The summed E-state index contributed by atoms with van der Waals surface area (Å²) in [6, 6.07) is 0. The molecule has 0 heterocycles. The molecule has 29 heavy (non-hydrogen) atoms. The monoisotopic (exact) mass is 404 g/mol. The van der Waals surface area contributed by atoms with E-state index in [4.69, 9.17) is 0 Å². The van der Waals surface area contributed by atoms with Crippen LogP contribution in [0.2, 0.25) is 0 Å². The molecule has 2 saturated carbocycles. The highest BCUT2D eigenvalue weighted by molar-refractivity contribution is 4.86. The molecule has 0 amide bonds. The Balaban J connectivity index is 1.45. The average molecular weight is 405 g/mol. The summed E-state index contributed by atoms with van der Waals surface area (Å²) in [5.74, 6) is 4.42. The van der Waals surface area contributed by atoms with E-state index in [0.29, 0.717) is 0 Å². The number of fused-ring (bicyclic) bond motifs is 1. The van der Waals surface area contributed by atoms with E-state index in [9.17, 15) is 0 Å². The molecule has 2 aliphatic carbocycles. The summed E-state index contributed by atoms with van der Waals surface area (Å²) in [7, 11) is 0. The van der Waals surface area contributed by atoms with Gasteiger partial charge < -0.3 is 0 Å². The van der Waals surface area contributed by atoms with Gasteiger partial charge in [0.05, 0.1) is 0 Å². The third-order valence-corrected chi connectivity index (χ3v) is 8.51. The Morgan fingerprint density at radius 2 is 0.759 bits per heavy atom. The molecule has 0 aromatic carbocycles. The van der Waals surface area contributed by atoms with E-state index >= 15 is 0 Å².